The second-order valence-corrected chi connectivity index (χ2v) is 5.04. The summed E-state index contributed by atoms with van der Waals surface area (Å²) in [4.78, 5) is 11.2. The third kappa shape index (κ3) is 3.59. The van der Waals surface area contributed by atoms with Crippen molar-refractivity contribution in [3.8, 4) is 11.1 Å². The molecule has 9 heteroatoms. The number of hydrogen-bond acceptors (Lipinski definition) is 1. The highest BCUT2D eigenvalue weighted by atomic mass is 19.4. The van der Waals surface area contributed by atoms with Crippen molar-refractivity contribution in [1.29, 1.82) is 0 Å². The van der Waals surface area contributed by atoms with Crippen LogP contribution in [0.2, 0.25) is 0 Å². The molecule has 0 aliphatic heterocycles. The minimum Gasteiger partial charge on any atom is -0.321 e. The maximum Gasteiger partial charge on any atom is 0.460 e. The van der Waals surface area contributed by atoms with Gasteiger partial charge in [-0.15, -0.1) is 0 Å². The molecule has 1 amide bonds. The molecule has 0 bridgehead atoms. The smallest absolute Gasteiger partial charge is 0.321 e. The maximum absolute atomic E-state index is 13.2. The normalized spacial score (nSPS) is 12.8. The van der Waals surface area contributed by atoms with E-state index in [0.717, 1.165) is 17.7 Å². The van der Waals surface area contributed by atoms with Crippen LogP contribution in [0.4, 0.5) is 36.4 Å². The zero-order chi connectivity index (χ0) is 18.9. The summed E-state index contributed by atoms with van der Waals surface area (Å²) in [6, 6.07) is 13.7. The van der Waals surface area contributed by atoms with Crippen LogP contribution >= 0.6 is 0 Å². The van der Waals surface area contributed by atoms with Crippen LogP contribution in [0, 0.1) is 0 Å². The van der Waals surface area contributed by atoms with Crippen molar-refractivity contribution in [2.45, 2.75) is 18.0 Å². The third-order valence-electron chi connectivity index (χ3n) is 3.29. The molecule has 0 heterocycles. The molecule has 25 heavy (non-hydrogen) atoms. The molecule has 0 atom stereocenters. The highest BCUT2D eigenvalue weighted by Crippen LogP contribution is 2.46. The first kappa shape index (κ1) is 18.8. The molecule has 2 aromatic rings. The highest BCUT2D eigenvalue weighted by Gasteiger charge is 2.76. The molecule has 0 spiro atoms. The van der Waals surface area contributed by atoms with Gasteiger partial charge in [-0.1, -0.05) is 42.5 Å². The van der Waals surface area contributed by atoms with Gasteiger partial charge in [-0.05, 0) is 23.3 Å². The average molecular weight is 365 g/mol. The Kier molecular flexibility index (Phi) is 4.79. The standard InChI is InChI=1S/C16H10F7NO/c17-14(18,15(19,20)16(21,22)23)13(25)24-12-8-6-11(7-9-12)10-4-2-1-3-5-10/h1-9H,(H,24,25). The first-order chi connectivity index (χ1) is 11.5. The highest BCUT2D eigenvalue weighted by molar-refractivity contribution is 5.97. The lowest BCUT2D eigenvalue weighted by Gasteiger charge is -2.27. The van der Waals surface area contributed by atoms with Gasteiger partial charge in [0.2, 0.25) is 0 Å². The zero-order valence-corrected chi connectivity index (χ0v) is 12.3. The predicted molar refractivity (Wildman–Crippen MR) is 76.5 cm³/mol. The monoisotopic (exact) mass is 365 g/mol. The SMILES string of the molecule is O=C(Nc1ccc(-c2ccccc2)cc1)C(F)(F)C(F)(F)C(F)(F)F. The Bertz CT molecular complexity index is 739. The Morgan fingerprint density at radius 3 is 1.68 bits per heavy atom. The summed E-state index contributed by atoms with van der Waals surface area (Å²) in [6.45, 7) is 0. The number of carbonyl (C=O) groups excluding carboxylic acids is 1. The lowest BCUT2D eigenvalue weighted by Crippen LogP contribution is -2.57. The van der Waals surface area contributed by atoms with E-state index in [1.165, 1.54) is 17.4 Å². The Morgan fingerprint density at radius 1 is 0.720 bits per heavy atom. The van der Waals surface area contributed by atoms with E-state index in [-0.39, 0.29) is 5.69 Å². The number of hydrogen-bond donors (Lipinski definition) is 1. The Hall–Kier alpha value is -2.58. The largest absolute Gasteiger partial charge is 0.460 e. The van der Waals surface area contributed by atoms with Crippen molar-refractivity contribution in [2.75, 3.05) is 5.32 Å². The van der Waals surface area contributed by atoms with Gasteiger partial charge in [0.25, 0.3) is 0 Å². The van der Waals surface area contributed by atoms with Gasteiger partial charge in [0.15, 0.2) is 0 Å². The van der Waals surface area contributed by atoms with Crippen molar-refractivity contribution in [1.82, 2.24) is 0 Å². The van der Waals surface area contributed by atoms with Crippen molar-refractivity contribution in [3.05, 3.63) is 54.6 Å². The first-order valence-electron chi connectivity index (χ1n) is 6.76. The topological polar surface area (TPSA) is 29.1 Å². The lowest BCUT2D eigenvalue weighted by molar-refractivity contribution is -0.343. The number of benzene rings is 2. The van der Waals surface area contributed by atoms with Crippen LogP contribution in [0.1, 0.15) is 0 Å². The molecule has 2 rings (SSSR count). The van der Waals surface area contributed by atoms with Gasteiger partial charge < -0.3 is 5.32 Å². The van der Waals surface area contributed by atoms with E-state index in [1.54, 1.807) is 30.3 Å². The summed E-state index contributed by atoms with van der Waals surface area (Å²) < 4.78 is 88.3. The summed E-state index contributed by atoms with van der Waals surface area (Å²) in [5.74, 6) is -15.2. The number of rotatable bonds is 4. The summed E-state index contributed by atoms with van der Waals surface area (Å²) in [5.41, 5.74) is 1.04. The molecule has 2 aromatic carbocycles. The van der Waals surface area contributed by atoms with E-state index < -0.39 is 23.9 Å². The van der Waals surface area contributed by atoms with Gasteiger partial charge in [-0.2, -0.15) is 30.7 Å². The lowest BCUT2D eigenvalue weighted by atomic mass is 10.1. The fraction of sp³-hybridized carbons (Fsp3) is 0.188. The van der Waals surface area contributed by atoms with Crippen LogP contribution < -0.4 is 5.32 Å². The van der Waals surface area contributed by atoms with Crippen LogP contribution in [0.3, 0.4) is 0 Å². The van der Waals surface area contributed by atoms with Crippen molar-refractivity contribution < 1.29 is 35.5 Å². The van der Waals surface area contributed by atoms with Gasteiger partial charge in [-0.3, -0.25) is 4.79 Å². The molecule has 0 fully saturated rings. The molecular weight excluding hydrogens is 355 g/mol. The number of halogens is 7. The van der Waals surface area contributed by atoms with Crippen molar-refractivity contribution in [3.63, 3.8) is 0 Å². The second kappa shape index (κ2) is 6.38. The molecule has 0 aromatic heterocycles. The van der Waals surface area contributed by atoms with E-state index in [4.69, 9.17) is 0 Å². The fourth-order valence-corrected chi connectivity index (χ4v) is 1.91. The Balaban J connectivity index is 2.18. The van der Waals surface area contributed by atoms with Crippen LogP contribution in [0.25, 0.3) is 11.1 Å². The van der Waals surface area contributed by atoms with Gasteiger partial charge in [0, 0.05) is 5.69 Å². The average Bonchev–Trinajstić information content (AvgIpc) is 2.55. The molecule has 134 valence electrons. The molecule has 0 unspecified atom stereocenters. The van der Waals surface area contributed by atoms with Crippen LogP contribution in [-0.4, -0.2) is 23.9 Å². The summed E-state index contributed by atoms with van der Waals surface area (Å²) in [5, 5.41) is 1.37. The summed E-state index contributed by atoms with van der Waals surface area (Å²) >= 11 is 0. The molecule has 2 nitrogen and oxygen atoms in total. The van der Waals surface area contributed by atoms with Gasteiger partial charge in [0.1, 0.15) is 0 Å². The molecular formula is C16H10F7NO. The van der Waals surface area contributed by atoms with Gasteiger partial charge in [0.05, 0.1) is 0 Å². The first-order valence-corrected chi connectivity index (χ1v) is 6.76. The fourth-order valence-electron chi connectivity index (χ4n) is 1.91. The molecule has 0 saturated carbocycles. The minimum atomic E-state index is -6.56. The van der Waals surface area contributed by atoms with E-state index >= 15 is 0 Å². The zero-order valence-electron chi connectivity index (χ0n) is 12.3. The molecule has 1 N–H and O–H groups in total. The van der Waals surface area contributed by atoms with Crippen LogP contribution in [-0.2, 0) is 4.79 Å². The van der Waals surface area contributed by atoms with Gasteiger partial charge in [-0.25, -0.2) is 0 Å². The number of amides is 1. The van der Waals surface area contributed by atoms with Crippen LogP contribution in [0.15, 0.2) is 54.6 Å². The quantitative estimate of drug-likeness (QED) is 0.749. The summed E-state index contributed by atoms with van der Waals surface area (Å²) in [6.07, 6.45) is -6.56. The number of anilines is 1. The van der Waals surface area contributed by atoms with E-state index in [9.17, 15) is 35.5 Å². The minimum absolute atomic E-state index is 0.345. The van der Waals surface area contributed by atoms with Crippen LogP contribution in [0.5, 0.6) is 0 Å². The molecule has 0 radical (unpaired) electrons. The maximum atomic E-state index is 13.2. The van der Waals surface area contributed by atoms with E-state index in [0.29, 0.717) is 5.56 Å². The Morgan fingerprint density at radius 2 is 1.20 bits per heavy atom. The number of alkyl halides is 7. The molecule has 0 aliphatic carbocycles. The van der Waals surface area contributed by atoms with E-state index in [2.05, 4.69) is 0 Å². The van der Waals surface area contributed by atoms with Crippen molar-refractivity contribution in [2.24, 2.45) is 0 Å². The Labute approximate surface area is 137 Å². The molecule has 0 saturated heterocycles. The number of carbonyl (C=O) groups is 1. The molecule has 0 aliphatic rings. The van der Waals surface area contributed by atoms with Crippen molar-refractivity contribution >= 4 is 11.6 Å². The second-order valence-electron chi connectivity index (χ2n) is 5.04. The predicted octanol–water partition coefficient (Wildman–Crippen LogP) is 5.13. The third-order valence-corrected chi connectivity index (χ3v) is 3.29. The number of nitrogens with one attached hydrogen (secondary N) is 1. The summed E-state index contributed by atoms with van der Waals surface area (Å²) in [7, 11) is 0. The van der Waals surface area contributed by atoms with Gasteiger partial charge >= 0.3 is 23.9 Å². The van der Waals surface area contributed by atoms with E-state index in [1.807, 2.05) is 0 Å².